The van der Waals surface area contributed by atoms with Crippen molar-refractivity contribution in [3.63, 3.8) is 0 Å². The van der Waals surface area contributed by atoms with Crippen LogP contribution in [0.15, 0.2) is 0 Å². The molecule has 0 aliphatic rings. The third-order valence-electron chi connectivity index (χ3n) is 4.34. The molecule has 1 N–H and O–H groups in total. The topological polar surface area (TPSA) is 37.3 Å². The fourth-order valence-electron chi connectivity index (χ4n) is 2.85. The Hall–Kier alpha value is 0.0700. The second kappa shape index (κ2) is 19.4. The number of unbranched alkanes of at least 4 members (excludes halogenated alkanes) is 14. The highest BCUT2D eigenvalue weighted by molar-refractivity contribution is 8.33. The third kappa shape index (κ3) is 18.4. The number of carbonyl (C=O) groups excluding carboxylic acids is 1. The molecule has 0 saturated heterocycles. The van der Waals surface area contributed by atoms with Gasteiger partial charge in [-0.25, -0.2) is 0 Å². The average Bonchev–Trinajstić information content (AvgIpc) is 2.58. The number of aliphatic hydroxyl groups is 1. The summed E-state index contributed by atoms with van der Waals surface area (Å²) in [7, 11) is 0. The minimum absolute atomic E-state index is 0.101. The number of hydrogen-bond donors (Lipinski definition) is 1. The minimum atomic E-state index is -0.176. The van der Waals surface area contributed by atoms with Gasteiger partial charge in [0.15, 0.2) is 5.12 Å². The second-order valence-electron chi connectivity index (χ2n) is 6.70. The maximum atomic E-state index is 11.5. The van der Waals surface area contributed by atoms with Gasteiger partial charge < -0.3 is 5.11 Å². The molecule has 0 radical (unpaired) electrons. The lowest BCUT2D eigenvalue weighted by atomic mass is 10.0. The Morgan fingerprint density at radius 1 is 0.750 bits per heavy atom. The van der Waals surface area contributed by atoms with E-state index in [9.17, 15) is 4.79 Å². The van der Waals surface area contributed by atoms with Crippen molar-refractivity contribution >= 4 is 33.3 Å². The molecule has 0 aliphatic carbocycles. The fraction of sp³-hybridized carbons (Fsp3) is 0.900. The molecule has 0 fully saturated rings. The zero-order valence-electron chi connectivity index (χ0n) is 15.7. The van der Waals surface area contributed by atoms with Crippen LogP contribution < -0.4 is 0 Å². The predicted molar refractivity (Wildman–Crippen MR) is 112 cm³/mol. The van der Waals surface area contributed by atoms with Gasteiger partial charge in [-0.3, -0.25) is 4.79 Å². The number of rotatable bonds is 17. The molecule has 142 valence electrons. The van der Waals surface area contributed by atoms with E-state index >= 15 is 0 Å². The van der Waals surface area contributed by atoms with Crippen molar-refractivity contribution in [2.45, 2.75) is 110 Å². The average molecular weight is 375 g/mol. The van der Waals surface area contributed by atoms with E-state index in [2.05, 4.69) is 6.92 Å². The predicted octanol–water partition coefficient (Wildman–Crippen LogP) is 6.83. The van der Waals surface area contributed by atoms with E-state index < -0.39 is 0 Å². The molecule has 0 aromatic heterocycles. The van der Waals surface area contributed by atoms with Gasteiger partial charge >= 0.3 is 0 Å². The van der Waals surface area contributed by atoms with Gasteiger partial charge in [-0.1, -0.05) is 109 Å². The Morgan fingerprint density at radius 2 is 1.12 bits per heavy atom. The molecular weight excluding hydrogens is 336 g/mol. The van der Waals surface area contributed by atoms with Gasteiger partial charge in [-0.15, -0.1) is 0 Å². The molecule has 0 rings (SSSR count). The highest BCUT2D eigenvalue weighted by Gasteiger charge is 2.05. The van der Waals surface area contributed by atoms with E-state index in [0.29, 0.717) is 10.6 Å². The van der Waals surface area contributed by atoms with Crippen LogP contribution in [-0.2, 0) is 4.79 Å². The van der Waals surface area contributed by atoms with Crippen LogP contribution in [0.4, 0.5) is 0 Å². The van der Waals surface area contributed by atoms with E-state index in [4.69, 9.17) is 17.3 Å². The summed E-state index contributed by atoms with van der Waals surface area (Å²) in [5.41, 5.74) is 0. The van der Waals surface area contributed by atoms with Gasteiger partial charge in [0.1, 0.15) is 0 Å². The molecule has 0 atom stereocenters. The van der Waals surface area contributed by atoms with Crippen LogP contribution in [0.1, 0.15) is 110 Å². The number of thioether (sulfide) groups is 1. The van der Waals surface area contributed by atoms with E-state index in [1.165, 1.54) is 83.5 Å². The smallest absolute Gasteiger partial charge is 0.194 e. The van der Waals surface area contributed by atoms with Gasteiger partial charge in [0.2, 0.25) is 0 Å². The molecule has 0 unspecified atom stereocenters. The van der Waals surface area contributed by atoms with Crippen molar-refractivity contribution in [2.75, 3.05) is 6.61 Å². The van der Waals surface area contributed by atoms with Crippen molar-refractivity contribution in [1.29, 1.82) is 0 Å². The normalized spacial score (nSPS) is 10.9. The lowest BCUT2D eigenvalue weighted by molar-refractivity contribution is -0.111. The summed E-state index contributed by atoms with van der Waals surface area (Å²) in [6.07, 6.45) is 20.6. The van der Waals surface area contributed by atoms with Crippen LogP contribution in [0, 0.1) is 0 Å². The lowest BCUT2D eigenvalue weighted by Crippen LogP contribution is -2.01. The molecule has 4 heteroatoms. The standard InChI is InChI=1S/C20H38O2S2/c1-2-3-4-5-6-7-8-9-10-11-12-13-14-15-16-17-19(22)24-20(23)18-21/h21H,2-18H2,1H3. The van der Waals surface area contributed by atoms with Gasteiger partial charge in [0.05, 0.1) is 10.8 Å². The van der Waals surface area contributed by atoms with E-state index in [0.717, 1.165) is 24.6 Å². The molecule has 0 bridgehead atoms. The Morgan fingerprint density at radius 3 is 1.50 bits per heavy atom. The SMILES string of the molecule is CCCCCCCCCCCCCCCCCC(=O)SC(=S)CO. The van der Waals surface area contributed by atoms with Gasteiger partial charge in [0.25, 0.3) is 0 Å². The Kier molecular flexibility index (Phi) is 19.5. The molecule has 0 aromatic rings. The Bertz CT molecular complexity index is 306. The van der Waals surface area contributed by atoms with Crippen molar-refractivity contribution in [1.82, 2.24) is 0 Å². The summed E-state index contributed by atoms with van der Waals surface area (Å²) in [6, 6.07) is 0. The quantitative estimate of drug-likeness (QED) is 0.224. The number of aliphatic hydroxyl groups excluding tert-OH is 1. The molecule has 0 amide bonds. The molecule has 0 heterocycles. The molecule has 24 heavy (non-hydrogen) atoms. The van der Waals surface area contributed by atoms with Gasteiger partial charge in [-0.2, -0.15) is 0 Å². The summed E-state index contributed by atoms with van der Waals surface area (Å²) < 4.78 is 0.390. The summed E-state index contributed by atoms with van der Waals surface area (Å²) in [5.74, 6) is 0. The molecule has 2 nitrogen and oxygen atoms in total. The van der Waals surface area contributed by atoms with Crippen LogP contribution in [0.2, 0.25) is 0 Å². The zero-order valence-corrected chi connectivity index (χ0v) is 17.3. The summed E-state index contributed by atoms with van der Waals surface area (Å²) in [5, 5.41) is 8.87. The number of thiocarbonyl (C=S) groups is 1. The molecule has 0 saturated carbocycles. The van der Waals surface area contributed by atoms with Gasteiger partial charge in [-0.05, 0) is 18.2 Å². The summed E-state index contributed by atoms with van der Waals surface area (Å²) in [4.78, 5) is 11.5. The number of carbonyl (C=O) groups is 1. The minimum Gasteiger partial charge on any atom is -0.390 e. The Labute approximate surface area is 159 Å². The first-order chi connectivity index (χ1) is 11.7. The largest absolute Gasteiger partial charge is 0.390 e. The van der Waals surface area contributed by atoms with Crippen LogP contribution in [0.25, 0.3) is 0 Å². The highest BCUT2D eigenvalue weighted by atomic mass is 32.2. The van der Waals surface area contributed by atoms with Crippen molar-refractivity contribution < 1.29 is 9.90 Å². The molecular formula is C20H38O2S2. The highest BCUT2D eigenvalue weighted by Crippen LogP contribution is 2.15. The summed E-state index contributed by atoms with van der Waals surface area (Å²) in [6.45, 7) is 2.10. The monoisotopic (exact) mass is 374 g/mol. The maximum absolute atomic E-state index is 11.5. The van der Waals surface area contributed by atoms with Crippen LogP contribution in [0.3, 0.4) is 0 Å². The number of hydrogen-bond acceptors (Lipinski definition) is 4. The maximum Gasteiger partial charge on any atom is 0.194 e. The zero-order chi connectivity index (χ0) is 17.9. The van der Waals surface area contributed by atoms with E-state index in [1.807, 2.05) is 0 Å². The van der Waals surface area contributed by atoms with Crippen LogP contribution in [0.5, 0.6) is 0 Å². The first-order valence-electron chi connectivity index (χ1n) is 10.0. The van der Waals surface area contributed by atoms with E-state index in [1.54, 1.807) is 0 Å². The Balaban J connectivity index is 3.12. The van der Waals surface area contributed by atoms with E-state index in [-0.39, 0.29) is 11.7 Å². The first-order valence-corrected chi connectivity index (χ1v) is 11.3. The van der Waals surface area contributed by atoms with Gasteiger partial charge in [0, 0.05) is 6.42 Å². The van der Waals surface area contributed by atoms with Crippen molar-refractivity contribution in [3.8, 4) is 0 Å². The second-order valence-corrected chi connectivity index (χ2v) is 8.61. The van der Waals surface area contributed by atoms with Crippen molar-refractivity contribution in [2.24, 2.45) is 0 Å². The van der Waals surface area contributed by atoms with Crippen LogP contribution in [-0.4, -0.2) is 21.0 Å². The fourth-order valence-corrected chi connectivity index (χ4v) is 3.69. The summed E-state index contributed by atoms with van der Waals surface area (Å²) >= 11 is 5.86. The lowest BCUT2D eigenvalue weighted by Gasteiger charge is -2.03. The van der Waals surface area contributed by atoms with Crippen LogP contribution >= 0.6 is 24.0 Å². The third-order valence-corrected chi connectivity index (χ3v) is 5.51. The molecule has 0 aromatic carbocycles. The van der Waals surface area contributed by atoms with Crippen molar-refractivity contribution in [3.05, 3.63) is 0 Å². The molecule has 0 spiro atoms. The first kappa shape index (κ1) is 24.1. The molecule has 0 aliphatic heterocycles.